The van der Waals surface area contributed by atoms with Gasteiger partial charge in [-0.2, -0.15) is 10.6 Å². The molecule has 3 heterocycles. The van der Waals surface area contributed by atoms with E-state index in [0.29, 0.717) is 49.3 Å². The molecule has 0 bridgehead atoms. The molecule has 5 N–H and O–H groups in total. The number of anilines is 2. The van der Waals surface area contributed by atoms with Crippen LogP contribution >= 0.6 is 22.2 Å². The Hall–Kier alpha value is -2.07. The van der Waals surface area contributed by atoms with Gasteiger partial charge in [0.05, 0.1) is 29.4 Å². The van der Waals surface area contributed by atoms with Crippen molar-refractivity contribution in [3.63, 3.8) is 0 Å². The minimum atomic E-state index is -2.84. The molecule has 2 aromatic carbocycles. The van der Waals surface area contributed by atoms with Crippen molar-refractivity contribution >= 4 is 44.6 Å². The Kier molecular flexibility index (Phi) is 5.69. The van der Waals surface area contributed by atoms with Crippen LogP contribution in [0.25, 0.3) is 10.9 Å². The Balaban J connectivity index is 1.52. The first-order valence-corrected chi connectivity index (χ1v) is 12.7. The summed E-state index contributed by atoms with van der Waals surface area (Å²) < 4.78 is 26.8. The molecule has 0 radical (unpaired) electrons. The summed E-state index contributed by atoms with van der Waals surface area (Å²) in [5, 5.41) is 5.14. The van der Waals surface area contributed by atoms with Crippen molar-refractivity contribution in [2.24, 2.45) is 11.1 Å². The summed E-state index contributed by atoms with van der Waals surface area (Å²) in [5.74, 6) is 1.04. The molecule has 0 aliphatic carbocycles. The lowest BCUT2D eigenvalue weighted by atomic mass is 9.86. The first kappa shape index (κ1) is 21.8. The van der Waals surface area contributed by atoms with Gasteiger partial charge in [-0.05, 0) is 29.8 Å². The number of aromatic nitrogens is 1. The average Bonchev–Trinajstić information content (AvgIpc) is 2.89. The molecule has 2 aliphatic rings. The number of halogens is 1. The maximum atomic E-state index is 10.7. The highest BCUT2D eigenvalue weighted by Crippen LogP contribution is 2.51. The predicted octanol–water partition coefficient (Wildman–Crippen LogP) is 4.41. The van der Waals surface area contributed by atoms with Crippen molar-refractivity contribution < 1.29 is 13.8 Å². The highest BCUT2D eigenvalue weighted by molar-refractivity contribution is 8.24. The smallest absolute Gasteiger partial charge is 0.131 e. The molecule has 0 saturated carbocycles. The third-order valence-corrected chi connectivity index (χ3v) is 8.41. The van der Waals surface area contributed by atoms with Crippen LogP contribution in [0.15, 0.2) is 53.4 Å². The minimum Gasteiger partial charge on any atom is -0.384 e. The van der Waals surface area contributed by atoms with Crippen molar-refractivity contribution in [2.75, 3.05) is 48.8 Å². The standard InChI is InChI=1S/C23H27ClN4O3S/c24-17-5-6-19-18(9-17)20(26-13-23(12-25)14-31-15-23)10-22(27-19)28-7-8-32(29,30)21-4-2-1-3-16(21)11-28/h1-6,9-10,29-30H,7-8,11-15,25H2,(H,26,27). The van der Waals surface area contributed by atoms with Crippen LogP contribution < -0.4 is 16.0 Å². The minimum absolute atomic E-state index is 0.0629. The molecule has 32 heavy (non-hydrogen) atoms. The van der Waals surface area contributed by atoms with Crippen molar-refractivity contribution in [2.45, 2.75) is 11.4 Å². The maximum Gasteiger partial charge on any atom is 0.131 e. The zero-order valence-electron chi connectivity index (χ0n) is 17.6. The summed E-state index contributed by atoms with van der Waals surface area (Å²) >= 11 is 6.29. The second kappa shape index (κ2) is 8.37. The SMILES string of the molecule is NCC1(CNc2cc(N3CCS(O)(O)c4ccccc4C3)nc3ccc(Cl)cc23)COC1. The van der Waals surface area contributed by atoms with Crippen LogP contribution in [-0.2, 0) is 11.3 Å². The molecule has 0 unspecified atom stereocenters. The fraction of sp³-hybridized carbons (Fsp3) is 0.348. The van der Waals surface area contributed by atoms with E-state index in [0.717, 1.165) is 28.0 Å². The zero-order chi connectivity index (χ0) is 22.3. The average molecular weight is 475 g/mol. The largest absolute Gasteiger partial charge is 0.384 e. The monoisotopic (exact) mass is 474 g/mol. The van der Waals surface area contributed by atoms with Crippen molar-refractivity contribution in [1.82, 2.24) is 4.98 Å². The zero-order valence-corrected chi connectivity index (χ0v) is 19.2. The Morgan fingerprint density at radius 3 is 2.75 bits per heavy atom. The number of pyridine rings is 1. The fourth-order valence-corrected chi connectivity index (χ4v) is 5.95. The molecule has 0 spiro atoms. The molecular weight excluding hydrogens is 448 g/mol. The van der Waals surface area contributed by atoms with Crippen LogP contribution in [0.5, 0.6) is 0 Å². The Labute approximate surface area is 193 Å². The third kappa shape index (κ3) is 4.03. The number of hydrogen-bond donors (Lipinski definition) is 4. The van der Waals surface area contributed by atoms with Gasteiger partial charge in [0.25, 0.3) is 0 Å². The number of hydrogen-bond acceptors (Lipinski definition) is 7. The normalized spacial score (nSPS) is 20.2. The predicted molar refractivity (Wildman–Crippen MR) is 131 cm³/mol. The molecular formula is C23H27ClN4O3S. The lowest BCUT2D eigenvalue weighted by Gasteiger charge is -2.40. The molecule has 170 valence electrons. The molecule has 7 nitrogen and oxygen atoms in total. The summed E-state index contributed by atoms with van der Waals surface area (Å²) in [4.78, 5) is 7.62. The molecule has 1 fully saturated rings. The summed E-state index contributed by atoms with van der Waals surface area (Å²) in [5.41, 5.74) is 8.59. The highest BCUT2D eigenvalue weighted by atomic mass is 35.5. The van der Waals surface area contributed by atoms with Gasteiger partial charge >= 0.3 is 0 Å². The highest BCUT2D eigenvalue weighted by Gasteiger charge is 2.37. The van der Waals surface area contributed by atoms with Crippen molar-refractivity contribution in [3.8, 4) is 0 Å². The fourth-order valence-electron chi connectivity index (χ4n) is 4.24. The van der Waals surface area contributed by atoms with Crippen LogP contribution in [0.2, 0.25) is 5.02 Å². The molecule has 3 aromatic rings. The van der Waals surface area contributed by atoms with Gasteiger partial charge < -0.3 is 20.7 Å². The lowest BCUT2D eigenvalue weighted by molar-refractivity contribution is -0.0979. The molecule has 0 amide bonds. The third-order valence-electron chi connectivity index (χ3n) is 6.32. The Morgan fingerprint density at radius 2 is 2.00 bits per heavy atom. The topological polar surface area (TPSA) is 104 Å². The van der Waals surface area contributed by atoms with Gasteiger partial charge in [0, 0.05) is 53.8 Å². The van der Waals surface area contributed by atoms with E-state index in [9.17, 15) is 9.11 Å². The maximum absolute atomic E-state index is 10.7. The Morgan fingerprint density at radius 1 is 1.19 bits per heavy atom. The van der Waals surface area contributed by atoms with Crippen LogP contribution in [0.4, 0.5) is 11.5 Å². The van der Waals surface area contributed by atoms with Gasteiger partial charge in [0.2, 0.25) is 0 Å². The summed E-state index contributed by atoms with van der Waals surface area (Å²) in [6.07, 6.45) is 0. The number of nitrogens with two attached hydrogens (primary N) is 1. The molecule has 9 heteroatoms. The summed E-state index contributed by atoms with van der Waals surface area (Å²) in [7, 11) is -2.84. The molecule has 2 aliphatic heterocycles. The van der Waals surface area contributed by atoms with E-state index in [2.05, 4.69) is 10.2 Å². The summed E-state index contributed by atoms with van der Waals surface area (Å²) in [6.45, 7) is 3.58. The van der Waals surface area contributed by atoms with E-state index in [1.165, 1.54) is 0 Å². The van der Waals surface area contributed by atoms with Crippen molar-refractivity contribution in [1.29, 1.82) is 0 Å². The van der Waals surface area contributed by atoms with Crippen LogP contribution in [0.1, 0.15) is 5.56 Å². The number of fused-ring (bicyclic) bond motifs is 2. The first-order chi connectivity index (χ1) is 15.4. The Bertz CT molecular complexity index is 1150. The van der Waals surface area contributed by atoms with E-state index < -0.39 is 10.6 Å². The van der Waals surface area contributed by atoms with Crippen LogP contribution in [0.3, 0.4) is 0 Å². The number of benzene rings is 2. The van der Waals surface area contributed by atoms with Crippen LogP contribution in [-0.4, -0.2) is 52.7 Å². The van der Waals surface area contributed by atoms with E-state index in [4.69, 9.17) is 27.1 Å². The second-order valence-corrected chi connectivity index (χ2v) is 11.3. The van der Waals surface area contributed by atoms with Crippen molar-refractivity contribution in [3.05, 3.63) is 59.1 Å². The molecule has 0 atom stereocenters. The van der Waals surface area contributed by atoms with E-state index in [-0.39, 0.29) is 11.2 Å². The molecule has 1 saturated heterocycles. The van der Waals surface area contributed by atoms with Gasteiger partial charge in [-0.25, -0.2) is 4.98 Å². The molecule has 5 rings (SSSR count). The van der Waals surface area contributed by atoms with E-state index in [1.54, 1.807) is 0 Å². The number of rotatable bonds is 5. The first-order valence-electron chi connectivity index (χ1n) is 10.6. The van der Waals surface area contributed by atoms with Gasteiger partial charge in [0.1, 0.15) is 5.82 Å². The van der Waals surface area contributed by atoms with E-state index in [1.807, 2.05) is 48.5 Å². The van der Waals surface area contributed by atoms with Gasteiger partial charge in [-0.3, -0.25) is 9.11 Å². The number of ether oxygens (including phenoxy) is 1. The quantitative estimate of drug-likeness (QED) is 0.434. The lowest BCUT2D eigenvalue weighted by Crippen LogP contribution is -2.52. The van der Waals surface area contributed by atoms with Gasteiger partial charge in [-0.1, -0.05) is 29.8 Å². The summed E-state index contributed by atoms with van der Waals surface area (Å²) in [6, 6.07) is 15.2. The molecule has 1 aromatic heterocycles. The van der Waals surface area contributed by atoms with Gasteiger partial charge in [0.15, 0.2) is 0 Å². The van der Waals surface area contributed by atoms with Gasteiger partial charge in [-0.15, -0.1) is 0 Å². The number of nitrogens with one attached hydrogen (secondary N) is 1. The second-order valence-electron chi connectivity index (χ2n) is 8.64. The van der Waals surface area contributed by atoms with E-state index >= 15 is 0 Å². The number of nitrogens with zero attached hydrogens (tertiary/aromatic N) is 2. The van der Waals surface area contributed by atoms with Crippen LogP contribution in [0, 0.1) is 5.41 Å².